The summed E-state index contributed by atoms with van der Waals surface area (Å²) in [5.41, 5.74) is 0. The molecule has 0 fully saturated rings. The Morgan fingerprint density at radius 2 is 1.54 bits per heavy atom. The van der Waals surface area contributed by atoms with E-state index in [1.54, 1.807) is 7.05 Å². The Kier molecular flexibility index (Phi) is 19.4. The van der Waals surface area contributed by atoms with E-state index in [1.165, 1.54) is 24.2 Å². The number of unbranched alkanes of at least 4 members (excludes halogenated alkanes) is 5. The van der Waals surface area contributed by atoms with Gasteiger partial charge in [-0.3, -0.25) is 4.79 Å². The second-order valence-electron chi connectivity index (χ2n) is 7.53. The molecular formula is C21H40NNaO4S. The van der Waals surface area contributed by atoms with Gasteiger partial charge in [0, 0.05) is 13.6 Å². The first kappa shape index (κ1) is 30.3. The Bertz CT molecular complexity index is 522. The van der Waals surface area contributed by atoms with Gasteiger partial charge in [-0.05, 0) is 25.2 Å². The fourth-order valence-electron chi connectivity index (χ4n) is 3.12. The minimum atomic E-state index is -4.31. The predicted octanol–water partition coefficient (Wildman–Crippen LogP) is 1.74. The number of hydrogen-bond donors (Lipinski definition) is 0. The maximum atomic E-state index is 12.8. The van der Waals surface area contributed by atoms with Crippen LogP contribution in [-0.4, -0.2) is 43.1 Å². The van der Waals surface area contributed by atoms with Crippen molar-refractivity contribution in [3.63, 3.8) is 0 Å². The molecule has 2 atom stereocenters. The number of rotatable bonds is 16. The van der Waals surface area contributed by atoms with Crippen LogP contribution in [0, 0.1) is 11.8 Å². The number of amides is 1. The molecule has 0 aliphatic rings. The first-order valence-electron chi connectivity index (χ1n) is 10.6. The standard InChI is InChI=1S/C21H41NO4S.Na/c1-5-8-10-12-14-20(16-15-19(7-3)13-11-9-6-2)21(23)22(4)17-18-27(24,25)26;/h15-16,19-20H,5-14,17-18H2,1-4H3,(H,24,25,26);/q;+1/p-1/b16-15-;. The number of carbonyl (C=O) groups is 1. The molecule has 0 aliphatic carbocycles. The Labute approximate surface area is 195 Å². The molecule has 160 valence electrons. The van der Waals surface area contributed by atoms with Gasteiger partial charge in [0.05, 0.1) is 21.8 Å². The average Bonchev–Trinajstić information content (AvgIpc) is 2.62. The molecule has 2 unspecified atom stereocenters. The molecule has 0 heterocycles. The summed E-state index contributed by atoms with van der Waals surface area (Å²) in [5.74, 6) is -0.373. The zero-order valence-corrected chi connectivity index (χ0v) is 21.6. The van der Waals surface area contributed by atoms with Gasteiger partial charge in [0.2, 0.25) is 5.91 Å². The first-order valence-corrected chi connectivity index (χ1v) is 12.2. The van der Waals surface area contributed by atoms with E-state index in [9.17, 15) is 17.8 Å². The van der Waals surface area contributed by atoms with Crippen LogP contribution >= 0.6 is 0 Å². The van der Waals surface area contributed by atoms with Crippen molar-refractivity contribution in [2.75, 3.05) is 19.3 Å². The van der Waals surface area contributed by atoms with E-state index < -0.39 is 15.9 Å². The molecular weight excluding hydrogens is 385 g/mol. The van der Waals surface area contributed by atoms with Gasteiger partial charge in [-0.25, -0.2) is 8.42 Å². The number of carbonyl (C=O) groups excluding carboxylic acids is 1. The Morgan fingerprint density at radius 1 is 0.964 bits per heavy atom. The van der Waals surface area contributed by atoms with E-state index in [1.807, 2.05) is 6.08 Å². The summed E-state index contributed by atoms with van der Waals surface area (Å²) in [6.07, 6.45) is 15.2. The van der Waals surface area contributed by atoms with Crippen molar-refractivity contribution in [2.24, 2.45) is 11.8 Å². The van der Waals surface area contributed by atoms with Crippen molar-refractivity contribution in [1.82, 2.24) is 4.90 Å². The molecule has 0 aromatic heterocycles. The Morgan fingerprint density at radius 3 is 2.07 bits per heavy atom. The summed E-state index contributed by atoms with van der Waals surface area (Å²) in [5, 5.41) is 0. The van der Waals surface area contributed by atoms with Crippen LogP contribution in [0.5, 0.6) is 0 Å². The van der Waals surface area contributed by atoms with Gasteiger partial charge < -0.3 is 9.45 Å². The van der Waals surface area contributed by atoms with Crippen molar-refractivity contribution >= 4 is 16.0 Å². The number of nitrogens with zero attached hydrogens (tertiary/aromatic N) is 1. The van der Waals surface area contributed by atoms with Gasteiger partial charge in [0.1, 0.15) is 0 Å². The fourth-order valence-corrected chi connectivity index (χ4v) is 3.62. The van der Waals surface area contributed by atoms with Gasteiger partial charge in [0.15, 0.2) is 0 Å². The van der Waals surface area contributed by atoms with Crippen LogP contribution in [0.2, 0.25) is 0 Å². The fraction of sp³-hybridized carbons (Fsp3) is 0.857. The molecule has 0 aliphatic heterocycles. The molecule has 0 aromatic rings. The summed E-state index contributed by atoms with van der Waals surface area (Å²) in [7, 11) is -2.72. The largest absolute Gasteiger partial charge is 1.00 e. The van der Waals surface area contributed by atoms with Gasteiger partial charge in [-0.1, -0.05) is 77.9 Å². The van der Waals surface area contributed by atoms with Crippen LogP contribution in [0.1, 0.15) is 85.0 Å². The SMILES string of the molecule is CCCCCCC(/C=C\C(CC)CCCCC)C(=O)N(C)CCS(=O)(=O)[O-].[Na+]. The molecule has 0 saturated carbocycles. The van der Waals surface area contributed by atoms with Crippen molar-refractivity contribution in [1.29, 1.82) is 0 Å². The maximum Gasteiger partial charge on any atom is 1.00 e. The van der Waals surface area contributed by atoms with Crippen LogP contribution in [0.3, 0.4) is 0 Å². The summed E-state index contributed by atoms with van der Waals surface area (Å²) in [6, 6.07) is 0. The molecule has 28 heavy (non-hydrogen) atoms. The zero-order valence-electron chi connectivity index (χ0n) is 18.8. The average molecular weight is 426 g/mol. The topological polar surface area (TPSA) is 77.5 Å². The molecule has 0 spiro atoms. The van der Waals surface area contributed by atoms with Crippen LogP contribution in [0.25, 0.3) is 0 Å². The van der Waals surface area contributed by atoms with E-state index in [0.29, 0.717) is 5.92 Å². The summed E-state index contributed by atoms with van der Waals surface area (Å²) < 4.78 is 32.5. The number of hydrogen-bond acceptors (Lipinski definition) is 4. The van der Waals surface area contributed by atoms with E-state index >= 15 is 0 Å². The summed E-state index contributed by atoms with van der Waals surface area (Å²) >= 11 is 0. The molecule has 1 amide bonds. The van der Waals surface area contributed by atoms with Gasteiger partial charge in [0.25, 0.3) is 0 Å². The predicted molar refractivity (Wildman–Crippen MR) is 112 cm³/mol. The van der Waals surface area contributed by atoms with Crippen molar-refractivity contribution in [3.05, 3.63) is 12.2 Å². The summed E-state index contributed by atoms with van der Waals surface area (Å²) in [6.45, 7) is 6.48. The van der Waals surface area contributed by atoms with Crippen molar-refractivity contribution < 1.29 is 47.3 Å². The maximum absolute atomic E-state index is 12.8. The zero-order chi connectivity index (χ0) is 20.7. The minimum Gasteiger partial charge on any atom is -0.748 e. The van der Waals surface area contributed by atoms with Gasteiger partial charge in [-0.2, -0.15) is 0 Å². The molecule has 5 nitrogen and oxygen atoms in total. The molecule has 0 saturated heterocycles. The quantitative estimate of drug-likeness (QED) is 0.163. The molecule has 0 N–H and O–H groups in total. The Hall–Kier alpha value is 0.120. The third-order valence-electron chi connectivity index (χ3n) is 5.06. The molecule has 0 rings (SSSR count). The van der Waals surface area contributed by atoms with E-state index in [0.717, 1.165) is 44.9 Å². The Balaban J connectivity index is 0. The smallest absolute Gasteiger partial charge is 0.748 e. The minimum absolute atomic E-state index is 0. The normalized spacial score (nSPS) is 13.9. The third kappa shape index (κ3) is 16.0. The van der Waals surface area contributed by atoms with Crippen LogP contribution in [0.4, 0.5) is 0 Å². The van der Waals surface area contributed by atoms with Crippen molar-refractivity contribution in [2.45, 2.75) is 85.0 Å². The molecule has 0 bridgehead atoms. The van der Waals surface area contributed by atoms with Crippen LogP contribution < -0.4 is 29.6 Å². The molecule has 0 radical (unpaired) electrons. The molecule has 0 aromatic carbocycles. The second kappa shape index (κ2) is 17.9. The molecule has 7 heteroatoms. The second-order valence-corrected chi connectivity index (χ2v) is 9.05. The first-order chi connectivity index (χ1) is 12.7. The summed E-state index contributed by atoms with van der Waals surface area (Å²) in [4.78, 5) is 14.2. The van der Waals surface area contributed by atoms with E-state index in [-0.39, 0.29) is 47.9 Å². The van der Waals surface area contributed by atoms with E-state index in [4.69, 9.17) is 0 Å². The third-order valence-corrected chi connectivity index (χ3v) is 5.74. The van der Waals surface area contributed by atoms with Crippen LogP contribution in [-0.2, 0) is 14.9 Å². The monoisotopic (exact) mass is 425 g/mol. The van der Waals surface area contributed by atoms with Gasteiger partial charge in [-0.15, -0.1) is 0 Å². The van der Waals surface area contributed by atoms with Gasteiger partial charge >= 0.3 is 29.6 Å². The van der Waals surface area contributed by atoms with Crippen LogP contribution in [0.15, 0.2) is 12.2 Å². The van der Waals surface area contributed by atoms with Crippen molar-refractivity contribution in [3.8, 4) is 0 Å². The number of allylic oxidation sites excluding steroid dienone is 1. The van der Waals surface area contributed by atoms with E-state index in [2.05, 4.69) is 26.8 Å².